The minimum Gasteiger partial charge on any atom is -0.363 e. The molecule has 0 saturated carbocycles. The summed E-state index contributed by atoms with van der Waals surface area (Å²) in [6.45, 7) is 6.36. The smallest absolute Gasteiger partial charge is 0.113 e. The lowest BCUT2D eigenvalue weighted by Crippen LogP contribution is -2.47. The summed E-state index contributed by atoms with van der Waals surface area (Å²) in [5.74, 6) is 0. The molecule has 1 saturated heterocycles. The average Bonchev–Trinajstić information content (AvgIpc) is 2.15. The number of hydrogen-bond donors (Lipinski definition) is 0. The Kier molecular flexibility index (Phi) is 3.39. The van der Waals surface area contributed by atoms with E-state index in [1.807, 2.05) is 0 Å². The predicted octanol–water partition coefficient (Wildman–Crippen LogP) is 2.64. The first-order valence-electron chi connectivity index (χ1n) is 5.68. The molecule has 0 aliphatic carbocycles. The summed E-state index contributed by atoms with van der Waals surface area (Å²) in [6, 6.07) is 11.1. The summed E-state index contributed by atoms with van der Waals surface area (Å²) in [6.07, 6.45) is 1.51. The van der Waals surface area contributed by atoms with Crippen LogP contribution in [-0.2, 0) is 11.3 Å². The lowest BCUT2D eigenvalue weighted by molar-refractivity contribution is -0.158. The maximum absolute atomic E-state index is 5.55. The second-order valence-electron chi connectivity index (χ2n) is 4.37. The zero-order valence-corrected chi connectivity index (χ0v) is 9.52. The molecule has 82 valence electrons. The van der Waals surface area contributed by atoms with Crippen LogP contribution in [0.4, 0.5) is 0 Å². The topological polar surface area (TPSA) is 12.5 Å². The van der Waals surface area contributed by atoms with Crippen molar-refractivity contribution >= 4 is 0 Å². The van der Waals surface area contributed by atoms with Crippen LogP contribution in [0.15, 0.2) is 30.3 Å². The van der Waals surface area contributed by atoms with E-state index in [4.69, 9.17) is 4.74 Å². The Balaban J connectivity index is 2.00. The summed E-state index contributed by atoms with van der Waals surface area (Å²) >= 11 is 0. The molecule has 1 aliphatic heterocycles. The molecule has 2 heteroatoms. The van der Waals surface area contributed by atoms with Crippen molar-refractivity contribution in [3.8, 4) is 0 Å². The minimum absolute atomic E-state index is 0.338. The third kappa shape index (κ3) is 2.58. The fourth-order valence-electron chi connectivity index (χ4n) is 1.90. The maximum atomic E-state index is 5.55. The van der Waals surface area contributed by atoms with Crippen LogP contribution in [0.1, 0.15) is 25.8 Å². The molecular formula is C13H19NO. The lowest BCUT2D eigenvalue weighted by atomic mass is 10.1. The van der Waals surface area contributed by atoms with E-state index in [1.165, 1.54) is 12.0 Å². The van der Waals surface area contributed by atoms with Gasteiger partial charge < -0.3 is 4.74 Å². The average molecular weight is 205 g/mol. The fraction of sp³-hybridized carbons (Fsp3) is 0.538. The van der Waals surface area contributed by atoms with Gasteiger partial charge in [-0.3, -0.25) is 4.90 Å². The van der Waals surface area contributed by atoms with Crippen molar-refractivity contribution in [2.75, 3.05) is 6.61 Å². The largest absolute Gasteiger partial charge is 0.363 e. The van der Waals surface area contributed by atoms with E-state index < -0.39 is 0 Å². The monoisotopic (exact) mass is 205 g/mol. The quantitative estimate of drug-likeness (QED) is 0.749. The van der Waals surface area contributed by atoms with E-state index in [0.29, 0.717) is 12.3 Å². The van der Waals surface area contributed by atoms with Gasteiger partial charge in [0.05, 0.1) is 6.61 Å². The summed E-state index contributed by atoms with van der Waals surface area (Å²) < 4.78 is 5.55. The number of benzene rings is 1. The van der Waals surface area contributed by atoms with E-state index in [1.54, 1.807) is 0 Å². The van der Waals surface area contributed by atoms with Gasteiger partial charge in [-0.25, -0.2) is 0 Å². The van der Waals surface area contributed by atoms with Gasteiger partial charge in [0.25, 0.3) is 0 Å². The van der Waals surface area contributed by atoms with Crippen LogP contribution < -0.4 is 0 Å². The van der Waals surface area contributed by atoms with Crippen LogP contribution in [-0.4, -0.2) is 23.8 Å². The van der Waals surface area contributed by atoms with Gasteiger partial charge in [0.15, 0.2) is 0 Å². The fourth-order valence-corrected chi connectivity index (χ4v) is 1.90. The van der Waals surface area contributed by atoms with Crippen molar-refractivity contribution in [3.05, 3.63) is 35.9 Å². The van der Waals surface area contributed by atoms with Crippen molar-refractivity contribution in [1.82, 2.24) is 4.90 Å². The predicted molar refractivity (Wildman–Crippen MR) is 61.5 cm³/mol. The number of rotatable bonds is 4. The molecule has 0 bridgehead atoms. The van der Waals surface area contributed by atoms with E-state index in [-0.39, 0.29) is 0 Å². The first-order chi connectivity index (χ1) is 7.27. The minimum atomic E-state index is 0.338. The van der Waals surface area contributed by atoms with Gasteiger partial charge in [0.1, 0.15) is 6.23 Å². The number of ether oxygens (including phenoxy) is 1. The van der Waals surface area contributed by atoms with E-state index in [9.17, 15) is 0 Å². The summed E-state index contributed by atoms with van der Waals surface area (Å²) in [4.78, 5) is 2.42. The molecule has 1 atom stereocenters. The molecule has 1 unspecified atom stereocenters. The number of nitrogens with zero attached hydrogens (tertiary/aromatic N) is 1. The second kappa shape index (κ2) is 4.77. The zero-order chi connectivity index (χ0) is 10.7. The van der Waals surface area contributed by atoms with Crippen LogP contribution in [0.2, 0.25) is 0 Å². The first-order valence-corrected chi connectivity index (χ1v) is 5.68. The maximum Gasteiger partial charge on any atom is 0.113 e. The molecule has 0 aromatic heterocycles. The Hall–Kier alpha value is -0.860. The third-order valence-corrected chi connectivity index (χ3v) is 2.92. The molecule has 0 amide bonds. The standard InChI is InChI=1S/C13H19NO/c1-11(2)14(13-8-9-15-13)10-12-6-4-3-5-7-12/h3-7,11,13H,8-10H2,1-2H3. The highest BCUT2D eigenvalue weighted by molar-refractivity contribution is 5.14. The van der Waals surface area contributed by atoms with Crippen molar-refractivity contribution in [1.29, 1.82) is 0 Å². The van der Waals surface area contributed by atoms with Crippen molar-refractivity contribution in [2.24, 2.45) is 0 Å². The Bertz CT molecular complexity index is 293. The molecule has 15 heavy (non-hydrogen) atoms. The zero-order valence-electron chi connectivity index (χ0n) is 9.52. The Morgan fingerprint density at radius 1 is 1.33 bits per heavy atom. The van der Waals surface area contributed by atoms with Gasteiger partial charge in [-0.1, -0.05) is 30.3 Å². The molecule has 1 heterocycles. The SMILES string of the molecule is CC(C)N(Cc1ccccc1)C1CCO1. The molecule has 0 spiro atoms. The van der Waals surface area contributed by atoms with Gasteiger partial charge >= 0.3 is 0 Å². The molecule has 1 aromatic carbocycles. The van der Waals surface area contributed by atoms with Crippen LogP contribution >= 0.6 is 0 Å². The van der Waals surface area contributed by atoms with E-state index in [2.05, 4.69) is 49.1 Å². The van der Waals surface area contributed by atoms with Gasteiger partial charge in [-0.05, 0) is 19.4 Å². The molecule has 1 fully saturated rings. The van der Waals surface area contributed by atoms with Gasteiger partial charge in [-0.2, -0.15) is 0 Å². The molecule has 2 rings (SSSR count). The van der Waals surface area contributed by atoms with Crippen LogP contribution in [0, 0.1) is 0 Å². The van der Waals surface area contributed by atoms with Crippen LogP contribution in [0.3, 0.4) is 0 Å². The lowest BCUT2D eigenvalue weighted by Gasteiger charge is -2.40. The Morgan fingerprint density at radius 3 is 2.47 bits per heavy atom. The highest BCUT2D eigenvalue weighted by atomic mass is 16.5. The third-order valence-electron chi connectivity index (χ3n) is 2.92. The highest BCUT2D eigenvalue weighted by Gasteiger charge is 2.27. The van der Waals surface area contributed by atoms with Gasteiger partial charge in [0, 0.05) is 19.0 Å². The van der Waals surface area contributed by atoms with Crippen LogP contribution in [0.5, 0.6) is 0 Å². The van der Waals surface area contributed by atoms with Gasteiger partial charge in [-0.15, -0.1) is 0 Å². The molecule has 0 N–H and O–H groups in total. The molecule has 2 nitrogen and oxygen atoms in total. The Morgan fingerprint density at radius 2 is 2.00 bits per heavy atom. The molecule has 1 aliphatic rings. The van der Waals surface area contributed by atoms with Crippen molar-refractivity contribution < 1.29 is 4.74 Å². The second-order valence-corrected chi connectivity index (χ2v) is 4.37. The normalized spacial score (nSPS) is 20.7. The molecule has 1 aromatic rings. The summed E-state index contributed by atoms with van der Waals surface area (Å²) in [5, 5.41) is 0. The first kappa shape index (κ1) is 10.7. The highest BCUT2D eigenvalue weighted by Crippen LogP contribution is 2.21. The van der Waals surface area contributed by atoms with Crippen LogP contribution in [0.25, 0.3) is 0 Å². The number of hydrogen-bond acceptors (Lipinski definition) is 2. The van der Waals surface area contributed by atoms with Crippen molar-refractivity contribution in [2.45, 2.75) is 39.1 Å². The van der Waals surface area contributed by atoms with Gasteiger partial charge in [0.2, 0.25) is 0 Å². The summed E-state index contributed by atoms with van der Waals surface area (Å²) in [7, 11) is 0. The molecular weight excluding hydrogens is 186 g/mol. The van der Waals surface area contributed by atoms with E-state index >= 15 is 0 Å². The Labute approximate surface area is 91.9 Å². The van der Waals surface area contributed by atoms with Crippen molar-refractivity contribution in [3.63, 3.8) is 0 Å². The summed E-state index contributed by atoms with van der Waals surface area (Å²) in [5.41, 5.74) is 1.36. The molecule has 0 radical (unpaired) electrons. The van der Waals surface area contributed by atoms with E-state index in [0.717, 1.165) is 13.2 Å².